The fourth-order valence-electron chi connectivity index (χ4n) is 2.62. The Labute approximate surface area is 160 Å². The third-order valence-corrected chi connectivity index (χ3v) is 4.64. The monoisotopic (exact) mass is 385 g/mol. The van der Waals surface area contributed by atoms with Crippen molar-refractivity contribution in [3.05, 3.63) is 78.9 Å². The van der Waals surface area contributed by atoms with Crippen LogP contribution in [0.15, 0.2) is 36.4 Å². The molecule has 28 heavy (non-hydrogen) atoms. The number of rotatable bonds is 6. The lowest BCUT2D eigenvalue weighted by Crippen LogP contribution is -2.40. The number of nitro groups is 2. The molecule has 2 rings (SSSR count). The van der Waals surface area contributed by atoms with E-state index in [0.717, 1.165) is 34.2 Å². The quantitative estimate of drug-likeness (QED) is 0.426. The number of nitrogens with zero attached hydrogens (tertiary/aromatic N) is 3. The molecular formula is C19H19N3O6. The summed E-state index contributed by atoms with van der Waals surface area (Å²) in [5.74, 6) is -1.03. The van der Waals surface area contributed by atoms with Gasteiger partial charge in [0.25, 0.3) is 17.3 Å². The molecule has 0 fully saturated rings. The number of benzene rings is 2. The summed E-state index contributed by atoms with van der Waals surface area (Å²) in [5, 5.41) is 22.0. The molecule has 0 radical (unpaired) electrons. The van der Waals surface area contributed by atoms with E-state index in [0.29, 0.717) is 5.56 Å². The summed E-state index contributed by atoms with van der Waals surface area (Å²) in [7, 11) is 1.37. The number of Topliss-reactive ketones (excluding diaryl/α,β-unsaturated/α-hetero) is 1. The molecule has 0 spiro atoms. The smallest absolute Gasteiger partial charge is 0.277 e. The van der Waals surface area contributed by atoms with Crippen LogP contribution in [0.2, 0.25) is 0 Å². The first kappa shape index (κ1) is 20.7. The van der Waals surface area contributed by atoms with Crippen molar-refractivity contribution in [2.75, 3.05) is 7.05 Å². The van der Waals surface area contributed by atoms with Crippen LogP contribution in [0.3, 0.4) is 0 Å². The van der Waals surface area contributed by atoms with E-state index in [9.17, 15) is 29.8 Å². The molecule has 1 unspecified atom stereocenters. The van der Waals surface area contributed by atoms with Crippen LogP contribution < -0.4 is 0 Å². The van der Waals surface area contributed by atoms with E-state index in [1.165, 1.54) is 14.0 Å². The maximum atomic E-state index is 12.7. The molecule has 9 nitrogen and oxygen atoms in total. The summed E-state index contributed by atoms with van der Waals surface area (Å²) in [4.78, 5) is 47.0. The molecule has 0 saturated carbocycles. The van der Waals surface area contributed by atoms with Gasteiger partial charge in [0.15, 0.2) is 5.78 Å². The van der Waals surface area contributed by atoms with Gasteiger partial charge in [-0.15, -0.1) is 0 Å². The number of nitro benzene ring substituents is 2. The van der Waals surface area contributed by atoms with Gasteiger partial charge >= 0.3 is 0 Å². The Morgan fingerprint density at radius 1 is 0.893 bits per heavy atom. The molecular weight excluding hydrogens is 366 g/mol. The molecule has 0 N–H and O–H groups in total. The lowest BCUT2D eigenvalue weighted by atomic mass is 9.99. The zero-order valence-electron chi connectivity index (χ0n) is 15.8. The average molecular weight is 385 g/mol. The SMILES string of the molecule is Cc1ccc(C(=O)C(C)N(C)C(=O)c2cc([N+](=O)[O-])cc([N+](=O)[O-])c2)cc1C. The molecule has 1 amide bonds. The van der Waals surface area contributed by atoms with Crippen molar-refractivity contribution in [1.29, 1.82) is 0 Å². The van der Waals surface area contributed by atoms with Crippen LogP contribution in [0.1, 0.15) is 38.8 Å². The van der Waals surface area contributed by atoms with Gasteiger partial charge in [-0.25, -0.2) is 0 Å². The van der Waals surface area contributed by atoms with Crippen LogP contribution in [-0.2, 0) is 0 Å². The van der Waals surface area contributed by atoms with Crippen molar-refractivity contribution in [1.82, 2.24) is 4.90 Å². The predicted octanol–water partition coefficient (Wildman–Crippen LogP) is 3.46. The van der Waals surface area contributed by atoms with E-state index in [2.05, 4.69) is 0 Å². The van der Waals surface area contributed by atoms with E-state index < -0.39 is 33.2 Å². The molecule has 0 heterocycles. The van der Waals surface area contributed by atoms with Crippen molar-refractivity contribution in [3.63, 3.8) is 0 Å². The van der Waals surface area contributed by atoms with E-state index in [-0.39, 0.29) is 11.3 Å². The number of carbonyl (C=O) groups is 2. The minimum absolute atomic E-state index is 0.233. The van der Waals surface area contributed by atoms with Gasteiger partial charge in [0.05, 0.1) is 27.5 Å². The fourth-order valence-corrected chi connectivity index (χ4v) is 2.62. The van der Waals surface area contributed by atoms with Gasteiger partial charge in [0.2, 0.25) is 0 Å². The van der Waals surface area contributed by atoms with Crippen LogP contribution in [0.25, 0.3) is 0 Å². The van der Waals surface area contributed by atoms with Crippen LogP contribution in [-0.4, -0.2) is 39.5 Å². The minimum Gasteiger partial charge on any atom is -0.332 e. The Hall–Kier alpha value is -3.62. The van der Waals surface area contributed by atoms with Crippen LogP contribution in [0, 0.1) is 34.1 Å². The Morgan fingerprint density at radius 2 is 1.43 bits per heavy atom. The third-order valence-electron chi connectivity index (χ3n) is 4.64. The molecule has 0 aromatic heterocycles. The van der Waals surface area contributed by atoms with Crippen molar-refractivity contribution in [2.45, 2.75) is 26.8 Å². The zero-order valence-corrected chi connectivity index (χ0v) is 15.8. The van der Waals surface area contributed by atoms with E-state index in [4.69, 9.17) is 0 Å². The Morgan fingerprint density at radius 3 is 1.89 bits per heavy atom. The number of likely N-dealkylation sites (N-methyl/N-ethyl adjacent to an activating group) is 1. The Kier molecular flexibility index (Phi) is 5.87. The Balaban J connectivity index is 2.35. The molecule has 2 aromatic carbocycles. The second-order valence-electron chi connectivity index (χ2n) is 6.51. The lowest BCUT2D eigenvalue weighted by Gasteiger charge is -2.24. The number of aryl methyl sites for hydroxylation is 2. The van der Waals surface area contributed by atoms with Crippen LogP contribution in [0.5, 0.6) is 0 Å². The van der Waals surface area contributed by atoms with Crippen molar-refractivity contribution >= 4 is 23.1 Å². The first-order valence-electron chi connectivity index (χ1n) is 8.35. The van der Waals surface area contributed by atoms with Gasteiger partial charge in [-0.2, -0.15) is 0 Å². The minimum atomic E-state index is -0.868. The molecule has 1 atom stereocenters. The maximum absolute atomic E-state index is 12.7. The number of carbonyl (C=O) groups excluding carboxylic acids is 2. The summed E-state index contributed by atoms with van der Waals surface area (Å²) < 4.78 is 0. The average Bonchev–Trinajstić information content (AvgIpc) is 2.67. The highest BCUT2D eigenvalue weighted by Gasteiger charge is 2.27. The standard InChI is InChI=1S/C19H19N3O6/c1-11-5-6-14(7-12(11)2)18(23)13(3)20(4)19(24)15-8-16(21(25)26)10-17(9-15)22(27)28/h5-10,13H,1-4H3. The lowest BCUT2D eigenvalue weighted by molar-refractivity contribution is -0.394. The van der Waals surface area contributed by atoms with Gasteiger partial charge in [0.1, 0.15) is 0 Å². The number of hydrogen-bond acceptors (Lipinski definition) is 6. The van der Waals surface area contributed by atoms with Gasteiger partial charge < -0.3 is 4.90 Å². The summed E-state index contributed by atoms with van der Waals surface area (Å²) in [6.07, 6.45) is 0. The second kappa shape index (κ2) is 7.95. The fraction of sp³-hybridized carbons (Fsp3) is 0.263. The second-order valence-corrected chi connectivity index (χ2v) is 6.51. The highest BCUT2D eigenvalue weighted by Crippen LogP contribution is 2.24. The van der Waals surface area contributed by atoms with Gasteiger partial charge in [0, 0.05) is 24.7 Å². The first-order valence-corrected chi connectivity index (χ1v) is 8.35. The van der Waals surface area contributed by atoms with E-state index >= 15 is 0 Å². The molecule has 0 aliphatic heterocycles. The summed E-state index contributed by atoms with van der Waals surface area (Å²) >= 11 is 0. The normalized spacial score (nSPS) is 11.6. The van der Waals surface area contributed by atoms with Crippen molar-refractivity contribution in [3.8, 4) is 0 Å². The van der Waals surface area contributed by atoms with Crippen LogP contribution in [0.4, 0.5) is 11.4 Å². The predicted molar refractivity (Wildman–Crippen MR) is 102 cm³/mol. The van der Waals surface area contributed by atoms with Crippen molar-refractivity contribution in [2.24, 2.45) is 0 Å². The first-order chi connectivity index (χ1) is 13.0. The molecule has 0 bridgehead atoms. The highest BCUT2D eigenvalue weighted by atomic mass is 16.6. The summed E-state index contributed by atoms with van der Waals surface area (Å²) in [5.41, 5.74) is 1.01. The topological polar surface area (TPSA) is 124 Å². The number of non-ortho nitro benzene ring substituents is 2. The molecule has 0 aliphatic carbocycles. The number of amides is 1. The van der Waals surface area contributed by atoms with Crippen LogP contribution >= 0.6 is 0 Å². The number of ketones is 1. The van der Waals surface area contributed by atoms with E-state index in [1.807, 2.05) is 13.8 Å². The summed E-state index contributed by atoms with van der Waals surface area (Å²) in [6, 6.07) is 7.02. The molecule has 0 saturated heterocycles. The highest BCUT2D eigenvalue weighted by molar-refractivity contribution is 6.04. The Bertz CT molecular complexity index is 953. The molecule has 0 aliphatic rings. The van der Waals surface area contributed by atoms with Gasteiger partial charge in [-0.05, 0) is 38.0 Å². The molecule has 9 heteroatoms. The van der Waals surface area contributed by atoms with Gasteiger partial charge in [-0.1, -0.05) is 12.1 Å². The number of hydrogen-bond donors (Lipinski definition) is 0. The van der Waals surface area contributed by atoms with Crippen molar-refractivity contribution < 1.29 is 19.4 Å². The largest absolute Gasteiger partial charge is 0.332 e. The van der Waals surface area contributed by atoms with Gasteiger partial charge in [-0.3, -0.25) is 29.8 Å². The molecule has 146 valence electrons. The van der Waals surface area contributed by atoms with E-state index in [1.54, 1.807) is 18.2 Å². The third kappa shape index (κ3) is 4.20. The zero-order chi connectivity index (χ0) is 21.2. The maximum Gasteiger partial charge on any atom is 0.277 e. The summed E-state index contributed by atoms with van der Waals surface area (Å²) in [6.45, 7) is 5.31. The molecule has 2 aromatic rings.